The van der Waals surface area contributed by atoms with Gasteiger partial charge in [-0.25, -0.2) is 5.48 Å². The molecule has 0 radical (unpaired) electrons. The number of para-hydroxylation sites is 1. The summed E-state index contributed by atoms with van der Waals surface area (Å²) in [6.07, 6.45) is 1.62. The molecular weight excluding hydrogens is 510 g/mol. The Hall–Kier alpha value is -4.49. The number of ether oxygens (including phenoxy) is 1. The van der Waals surface area contributed by atoms with Crippen LogP contribution in [0, 0.1) is 23.7 Å². The zero-order valence-corrected chi connectivity index (χ0v) is 22.3. The van der Waals surface area contributed by atoms with Gasteiger partial charge in [-0.3, -0.25) is 24.6 Å². The van der Waals surface area contributed by atoms with Gasteiger partial charge in [0.2, 0.25) is 11.8 Å². The number of nitrogens with zero attached hydrogens (tertiary/aromatic N) is 3. The summed E-state index contributed by atoms with van der Waals surface area (Å²) in [7, 11) is 0. The van der Waals surface area contributed by atoms with Gasteiger partial charge < -0.3 is 15.0 Å². The van der Waals surface area contributed by atoms with Crippen LogP contribution >= 0.6 is 0 Å². The molecule has 0 atom stereocenters. The molecule has 3 aromatic rings. The number of carbonyl (C=O) groups is 3. The first-order valence-electron chi connectivity index (χ1n) is 13.3. The summed E-state index contributed by atoms with van der Waals surface area (Å²) in [4.78, 5) is 44.3. The number of hydroxylamine groups is 1. The van der Waals surface area contributed by atoms with E-state index in [0.29, 0.717) is 56.7 Å². The molecule has 3 amide bonds. The van der Waals surface area contributed by atoms with Crippen LogP contribution in [0.5, 0.6) is 5.75 Å². The molecule has 5 rings (SSSR count). The number of hydrogen-bond donors (Lipinski definition) is 3. The minimum absolute atomic E-state index is 0.138. The summed E-state index contributed by atoms with van der Waals surface area (Å²) in [5.41, 5.74) is 2.99. The van der Waals surface area contributed by atoms with E-state index in [1.807, 2.05) is 37.3 Å². The lowest BCUT2D eigenvalue weighted by atomic mass is 9.83. The fourth-order valence-electron chi connectivity index (χ4n) is 5.32. The van der Waals surface area contributed by atoms with Crippen molar-refractivity contribution in [2.45, 2.75) is 51.2 Å². The molecule has 2 aliphatic rings. The predicted octanol–water partition coefficient (Wildman–Crippen LogP) is 3.41. The summed E-state index contributed by atoms with van der Waals surface area (Å²) in [6, 6.07) is 18.8. The van der Waals surface area contributed by atoms with Crippen molar-refractivity contribution >= 4 is 28.6 Å². The average Bonchev–Trinajstić information content (AvgIpc) is 3.77. The molecule has 10 heteroatoms. The molecule has 0 unspecified atom stereocenters. The minimum Gasteiger partial charge on any atom is -0.489 e. The summed E-state index contributed by atoms with van der Waals surface area (Å²) >= 11 is 0. The van der Waals surface area contributed by atoms with Crippen LogP contribution in [0.1, 0.15) is 53.7 Å². The minimum atomic E-state index is -0.945. The molecule has 2 heterocycles. The van der Waals surface area contributed by atoms with Crippen LogP contribution in [0.3, 0.4) is 0 Å². The molecule has 0 bridgehead atoms. The first kappa shape index (κ1) is 27.1. The lowest BCUT2D eigenvalue weighted by Crippen LogP contribution is -2.58. The molecule has 2 fully saturated rings. The Morgan fingerprint density at radius 3 is 2.42 bits per heavy atom. The van der Waals surface area contributed by atoms with Crippen molar-refractivity contribution < 1.29 is 24.3 Å². The number of benzene rings is 2. The quantitative estimate of drug-likeness (QED) is 0.293. The number of piperidine rings is 1. The Balaban J connectivity index is 1.24. The average molecular weight is 542 g/mol. The third-order valence-corrected chi connectivity index (χ3v) is 7.82. The van der Waals surface area contributed by atoms with Crippen LogP contribution in [0.2, 0.25) is 0 Å². The van der Waals surface area contributed by atoms with Crippen molar-refractivity contribution in [3.63, 3.8) is 0 Å². The van der Waals surface area contributed by atoms with E-state index in [9.17, 15) is 19.6 Å². The maximum atomic E-state index is 13.2. The number of amides is 3. The molecule has 3 N–H and O–H groups in total. The van der Waals surface area contributed by atoms with Gasteiger partial charge >= 0.3 is 0 Å². The van der Waals surface area contributed by atoms with Crippen molar-refractivity contribution in [1.29, 1.82) is 5.26 Å². The summed E-state index contributed by atoms with van der Waals surface area (Å²) in [5.74, 6) is -0.586. The molecule has 2 aromatic carbocycles. The standard InChI is InChI=1S/C30H31N5O5/c1-20-16-22(24-4-2-3-5-25(24)32-20)18-40-23-8-6-21(7-9-23)27(37)33-30(17-26(36)34-39)12-14-35(15-13-30)28(38)29(19-31)10-11-29/h2-9,16,39H,10-15,17-18H2,1H3,(H,33,37)(H,34,36). The molecule has 0 spiro atoms. The van der Waals surface area contributed by atoms with Gasteiger partial charge in [-0.2, -0.15) is 5.26 Å². The van der Waals surface area contributed by atoms with Gasteiger partial charge in [-0.15, -0.1) is 0 Å². The number of fused-ring (bicyclic) bond motifs is 1. The topological polar surface area (TPSA) is 145 Å². The molecule has 1 aliphatic heterocycles. The van der Waals surface area contributed by atoms with Crippen molar-refractivity contribution in [3.05, 3.63) is 71.4 Å². The SMILES string of the molecule is Cc1cc(COc2ccc(C(=O)NC3(CC(=O)NO)CCN(C(=O)C4(C#N)CC4)CC3)cc2)c2ccccc2n1. The molecule has 10 nitrogen and oxygen atoms in total. The van der Waals surface area contributed by atoms with E-state index in [2.05, 4.69) is 16.4 Å². The number of nitrogens with one attached hydrogen (secondary N) is 2. The lowest BCUT2D eigenvalue weighted by Gasteiger charge is -2.42. The second-order valence-corrected chi connectivity index (χ2v) is 10.7. The van der Waals surface area contributed by atoms with Gasteiger partial charge in [0, 0.05) is 35.3 Å². The van der Waals surface area contributed by atoms with Gasteiger partial charge in [0.1, 0.15) is 17.8 Å². The summed E-state index contributed by atoms with van der Waals surface area (Å²) < 4.78 is 6.00. The second-order valence-electron chi connectivity index (χ2n) is 10.7. The molecular formula is C30H31N5O5. The van der Waals surface area contributed by atoms with Crippen LogP contribution in [-0.2, 0) is 16.2 Å². The zero-order chi connectivity index (χ0) is 28.3. The Labute approximate surface area is 231 Å². The number of aryl methyl sites for hydroxylation is 1. The highest BCUT2D eigenvalue weighted by Gasteiger charge is 2.53. The van der Waals surface area contributed by atoms with E-state index >= 15 is 0 Å². The fraction of sp³-hybridized carbons (Fsp3) is 0.367. The van der Waals surface area contributed by atoms with E-state index < -0.39 is 16.9 Å². The Bertz CT molecular complexity index is 1480. The molecule has 1 saturated heterocycles. The normalized spacial score (nSPS) is 17.0. The fourth-order valence-corrected chi connectivity index (χ4v) is 5.32. The zero-order valence-electron chi connectivity index (χ0n) is 22.3. The number of rotatable bonds is 8. The lowest BCUT2D eigenvalue weighted by molar-refractivity contribution is -0.137. The number of nitriles is 1. The monoisotopic (exact) mass is 541 g/mol. The van der Waals surface area contributed by atoms with Gasteiger partial charge in [-0.1, -0.05) is 18.2 Å². The van der Waals surface area contributed by atoms with Crippen LogP contribution in [-0.4, -0.2) is 51.4 Å². The summed E-state index contributed by atoms with van der Waals surface area (Å²) in [5, 5.41) is 22.5. The highest BCUT2D eigenvalue weighted by molar-refractivity contribution is 5.95. The number of likely N-dealkylation sites (tertiary alicyclic amines) is 1. The van der Waals surface area contributed by atoms with Crippen molar-refractivity contribution in [1.82, 2.24) is 20.7 Å². The van der Waals surface area contributed by atoms with E-state index in [-0.39, 0.29) is 18.2 Å². The van der Waals surface area contributed by atoms with Gasteiger partial charge in [0.25, 0.3) is 5.91 Å². The highest BCUT2D eigenvalue weighted by Crippen LogP contribution is 2.47. The largest absolute Gasteiger partial charge is 0.489 e. The van der Waals surface area contributed by atoms with E-state index in [4.69, 9.17) is 9.94 Å². The van der Waals surface area contributed by atoms with Crippen molar-refractivity contribution in [3.8, 4) is 11.8 Å². The van der Waals surface area contributed by atoms with Crippen LogP contribution < -0.4 is 15.5 Å². The van der Waals surface area contributed by atoms with Crippen LogP contribution in [0.15, 0.2) is 54.6 Å². The maximum Gasteiger partial charge on any atom is 0.251 e. The van der Waals surface area contributed by atoms with Crippen molar-refractivity contribution in [2.75, 3.05) is 13.1 Å². The van der Waals surface area contributed by atoms with Crippen LogP contribution in [0.4, 0.5) is 0 Å². The van der Waals surface area contributed by atoms with Crippen molar-refractivity contribution in [2.24, 2.45) is 5.41 Å². The van der Waals surface area contributed by atoms with Gasteiger partial charge in [0.15, 0.2) is 0 Å². The maximum absolute atomic E-state index is 13.2. The second kappa shape index (κ2) is 10.9. The van der Waals surface area contributed by atoms with Gasteiger partial charge in [0.05, 0.1) is 23.5 Å². The molecule has 206 valence electrons. The summed E-state index contributed by atoms with van der Waals surface area (Å²) in [6.45, 7) is 2.89. The number of aromatic nitrogens is 1. The van der Waals surface area contributed by atoms with E-state index in [0.717, 1.165) is 22.2 Å². The third-order valence-electron chi connectivity index (χ3n) is 7.82. The first-order valence-corrected chi connectivity index (χ1v) is 13.3. The number of pyridine rings is 1. The molecule has 1 aliphatic carbocycles. The smallest absolute Gasteiger partial charge is 0.251 e. The molecule has 40 heavy (non-hydrogen) atoms. The van der Waals surface area contributed by atoms with E-state index in [1.54, 1.807) is 34.6 Å². The Kier molecular flexibility index (Phi) is 7.41. The Morgan fingerprint density at radius 1 is 1.07 bits per heavy atom. The number of hydrogen-bond acceptors (Lipinski definition) is 7. The highest BCUT2D eigenvalue weighted by atomic mass is 16.5. The molecule has 1 aromatic heterocycles. The van der Waals surface area contributed by atoms with E-state index in [1.165, 1.54) is 0 Å². The Morgan fingerprint density at radius 2 is 1.77 bits per heavy atom. The molecule has 1 saturated carbocycles. The van der Waals surface area contributed by atoms with Gasteiger partial charge in [-0.05, 0) is 69.0 Å². The van der Waals surface area contributed by atoms with Crippen LogP contribution in [0.25, 0.3) is 10.9 Å². The number of carbonyl (C=O) groups excluding carboxylic acids is 3. The third kappa shape index (κ3) is 5.60. The predicted molar refractivity (Wildman–Crippen MR) is 145 cm³/mol. The first-order chi connectivity index (χ1) is 19.3.